The van der Waals surface area contributed by atoms with Gasteiger partial charge >= 0.3 is 6.18 Å². The molecule has 0 fully saturated rings. The Morgan fingerprint density at radius 1 is 1.14 bits per heavy atom. The minimum atomic E-state index is -4.38. The number of hydrogen-bond donors (Lipinski definition) is 0. The molecule has 0 aliphatic rings. The number of pyridine rings is 1. The number of carbonyl (C=O) groups excluding carboxylic acids is 1. The molecule has 110 valence electrons. The number of ketones is 1. The van der Waals surface area contributed by atoms with Gasteiger partial charge in [0.15, 0.2) is 5.78 Å². The number of rotatable bonds is 4. The summed E-state index contributed by atoms with van der Waals surface area (Å²) >= 11 is 1.05. The van der Waals surface area contributed by atoms with Crippen LogP contribution in [0, 0.1) is 0 Å². The molecule has 0 amide bonds. The Morgan fingerprint density at radius 3 is 2.52 bits per heavy atom. The van der Waals surface area contributed by atoms with Crippen molar-refractivity contribution in [2.24, 2.45) is 0 Å². The molecule has 0 aliphatic carbocycles. The zero-order valence-electron chi connectivity index (χ0n) is 11.1. The maximum absolute atomic E-state index is 12.9. The molecule has 0 atom stereocenters. The molecule has 1 aromatic carbocycles. The highest BCUT2D eigenvalue weighted by atomic mass is 32.2. The molecule has 6 heteroatoms. The fraction of sp³-hybridized carbons (Fsp3) is 0.200. The molecule has 21 heavy (non-hydrogen) atoms. The standard InChI is InChI=1S/C15H12F3NOS/c1-10(20)13-7-4-5-11(19-13)9-21-14-8-3-2-6-12(14)15(16,17)18/h2-8H,9H2,1H3. The van der Waals surface area contributed by atoms with Crippen LogP contribution in [0.15, 0.2) is 47.4 Å². The lowest BCUT2D eigenvalue weighted by molar-refractivity contribution is -0.139. The lowest BCUT2D eigenvalue weighted by Gasteiger charge is -2.12. The van der Waals surface area contributed by atoms with Crippen molar-refractivity contribution in [1.82, 2.24) is 4.98 Å². The van der Waals surface area contributed by atoms with Crippen LogP contribution in [0.25, 0.3) is 0 Å². The minimum Gasteiger partial charge on any atom is -0.293 e. The second kappa shape index (κ2) is 6.30. The minimum absolute atomic E-state index is 0.153. The van der Waals surface area contributed by atoms with Gasteiger partial charge in [0.1, 0.15) is 5.69 Å². The molecule has 0 aliphatic heterocycles. The Kier molecular flexibility index (Phi) is 4.67. The molecule has 1 aromatic heterocycles. The van der Waals surface area contributed by atoms with Crippen LogP contribution >= 0.6 is 11.8 Å². The highest BCUT2D eigenvalue weighted by Crippen LogP contribution is 2.37. The fourth-order valence-corrected chi connectivity index (χ4v) is 2.71. The summed E-state index contributed by atoms with van der Waals surface area (Å²) in [5.74, 6) is 0.103. The van der Waals surface area contributed by atoms with Crippen molar-refractivity contribution in [3.05, 3.63) is 59.4 Å². The Balaban J connectivity index is 2.17. The van der Waals surface area contributed by atoms with E-state index in [-0.39, 0.29) is 16.4 Å². The average Bonchev–Trinajstić information content (AvgIpc) is 2.45. The largest absolute Gasteiger partial charge is 0.417 e. The lowest BCUT2D eigenvalue weighted by Crippen LogP contribution is -2.06. The monoisotopic (exact) mass is 311 g/mol. The highest BCUT2D eigenvalue weighted by Gasteiger charge is 2.33. The van der Waals surface area contributed by atoms with E-state index in [1.807, 2.05) is 0 Å². The zero-order chi connectivity index (χ0) is 15.5. The van der Waals surface area contributed by atoms with E-state index in [0.29, 0.717) is 11.4 Å². The Bertz CT molecular complexity index is 655. The summed E-state index contributed by atoms with van der Waals surface area (Å²) in [6, 6.07) is 10.4. The molecule has 0 spiro atoms. The Labute approximate surface area is 124 Å². The van der Waals surface area contributed by atoms with Crippen LogP contribution in [0.1, 0.15) is 28.7 Å². The van der Waals surface area contributed by atoms with E-state index < -0.39 is 11.7 Å². The van der Waals surface area contributed by atoms with Gasteiger partial charge in [-0.1, -0.05) is 18.2 Å². The Morgan fingerprint density at radius 2 is 1.86 bits per heavy atom. The molecule has 0 bridgehead atoms. The third kappa shape index (κ3) is 4.07. The zero-order valence-corrected chi connectivity index (χ0v) is 12.0. The van der Waals surface area contributed by atoms with Gasteiger partial charge in [0.05, 0.1) is 11.3 Å². The van der Waals surface area contributed by atoms with E-state index in [2.05, 4.69) is 4.98 Å². The van der Waals surface area contributed by atoms with E-state index in [4.69, 9.17) is 0 Å². The SMILES string of the molecule is CC(=O)c1cccc(CSc2ccccc2C(F)(F)F)n1. The molecule has 2 aromatic rings. The van der Waals surface area contributed by atoms with Crippen molar-refractivity contribution in [2.45, 2.75) is 23.7 Å². The first kappa shape index (κ1) is 15.6. The summed E-state index contributed by atoms with van der Waals surface area (Å²) in [6.45, 7) is 1.40. The van der Waals surface area contributed by atoms with Crippen molar-refractivity contribution >= 4 is 17.5 Å². The quantitative estimate of drug-likeness (QED) is 0.611. The number of aromatic nitrogens is 1. The second-order valence-corrected chi connectivity index (χ2v) is 5.37. The van der Waals surface area contributed by atoms with Crippen LogP contribution in [0.5, 0.6) is 0 Å². The van der Waals surface area contributed by atoms with Crippen LogP contribution in [-0.2, 0) is 11.9 Å². The maximum Gasteiger partial charge on any atom is 0.417 e. The van der Waals surface area contributed by atoms with Gasteiger partial charge in [-0.3, -0.25) is 4.79 Å². The van der Waals surface area contributed by atoms with E-state index in [1.165, 1.54) is 19.1 Å². The Hall–Kier alpha value is -1.82. The molecule has 0 saturated heterocycles. The highest BCUT2D eigenvalue weighted by molar-refractivity contribution is 7.98. The van der Waals surface area contributed by atoms with Crippen molar-refractivity contribution < 1.29 is 18.0 Å². The van der Waals surface area contributed by atoms with Crippen LogP contribution < -0.4 is 0 Å². The van der Waals surface area contributed by atoms with Gasteiger partial charge in [-0.05, 0) is 24.3 Å². The van der Waals surface area contributed by atoms with Gasteiger partial charge in [-0.25, -0.2) is 4.98 Å². The smallest absolute Gasteiger partial charge is 0.293 e. The third-order valence-corrected chi connectivity index (χ3v) is 3.84. The van der Waals surface area contributed by atoms with Crippen LogP contribution in [0.2, 0.25) is 0 Å². The molecule has 1 heterocycles. The van der Waals surface area contributed by atoms with Crippen LogP contribution in [0.4, 0.5) is 13.2 Å². The summed E-state index contributed by atoms with van der Waals surface area (Å²) < 4.78 is 38.6. The number of halogens is 3. The number of nitrogens with zero attached hydrogens (tertiary/aromatic N) is 1. The summed E-state index contributed by atoms with van der Waals surface area (Å²) in [5, 5.41) is 0. The molecule has 0 N–H and O–H groups in total. The maximum atomic E-state index is 12.9. The first-order chi connectivity index (χ1) is 9.88. The number of carbonyl (C=O) groups is 1. The van der Waals surface area contributed by atoms with Crippen LogP contribution in [0.3, 0.4) is 0 Å². The molecular formula is C15H12F3NOS. The van der Waals surface area contributed by atoms with Gasteiger partial charge < -0.3 is 0 Å². The van der Waals surface area contributed by atoms with Gasteiger partial charge in [-0.2, -0.15) is 13.2 Å². The number of hydrogen-bond acceptors (Lipinski definition) is 3. The topological polar surface area (TPSA) is 30.0 Å². The van der Waals surface area contributed by atoms with Gasteiger partial charge in [-0.15, -0.1) is 11.8 Å². The molecule has 0 saturated carbocycles. The fourth-order valence-electron chi connectivity index (χ4n) is 1.73. The van der Waals surface area contributed by atoms with E-state index in [0.717, 1.165) is 17.8 Å². The van der Waals surface area contributed by atoms with E-state index >= 15 is 0 Å². The lowest BCUT2D eigenvalue weighted by atomic mass is 10.2. The molecule has 0 radical (unpaired) electrons. The first-order valence-electron chi connectivity index (χ1n) is 6.14. The molecule has 0 unspecified atom stereocenters. The van der Waals surface area contributed by atoms with E-state index in [9.17, 15) is 18.0 Å². The van der Waals surface area contributed by atoms with Crippen molar-refractivity contribution in [3.8, 4) is 0 Å². The van der Waals surface area contributed by atoms with E-state index in [1.54, 1.807) is 24.3 Å². The predicted molar refractivity (Wildman–Crippen MR) is 75.2 cm³/mol. The molecule has 2 nitrogen and oxygen atoms in total. The summed E-state index contributed by atoms with van der Waals surface area (Å²) in [5.41, 5.74) is 0.236. The average molecular weight is 311 g/mol. The van der Waals surface area contributed by atoms with Crippen LogP contribution in [-0.4, -0.2) is 10.8 Å². The van der Waals surface area contributed by atoms with Gasteiger partial charge in [0, 0.05) is 17.6 Å². The third-order valence-electron chi connectivity index (χ3n) is 2.74. The van der Waals surface area contributed by atoms with Crippen molar-refractivity contribution in [1.29, 1.82) is 0 Å². The summed E-state index contributed by atoms with van der Waals surface area (Å²) in [4.78, 5) is 15.5. The number of benzene rings is 1. The van der Waals surface area contributed by atoms with Gasteiger partial charge in [0.2, 0.25) is 0 Å². The number of Topliss-reactive ketones (excluding diaryl/α,β-unsaturated/α-hetero) is 1. The first-order valence-corrected chi connectivity index (χ1v) is 7.12. The van der Waals surface area contributed by atoms with Gasteiger partial charge in [0.25, 0.3) is 0 Å². The normalized spacial score (nSPS) is 11.4. The predicted octanol–water partition coefficient (Wildman–Crippen LogP) is 4.60. The number of alkyl halides is 3. The summed E-state index contributed by atoms with van der Waals surface area (Å²) in [7, 11) is 0. The van der Waals surface area contributed by atoms with Crippen molar-refractivity contribution in [3.63, 3.8) is 0 Å². The molecular weight excluding hydrogens is 299 g/mol. The van der Waals surface area contributed by atoms with Crippen molar-refractivity contribution in [2.75, 3.05) is 0 Å². The second-order valence-electron chi connectivity index (χ2n) is 4.35. The number of thioether (sulfide) groups is 1. The summed E-state index contributed by atoms with van der Waals surface area (Å²) in [6.07, 6.45) is -4.38. The molecule has 2 rings (SSSR count).